The molecular formula is C16H21IN4. The van der Waals surface area contributed by atoms with Gasteiger partial charge in [0.15, 0.2) is 5.96 Å². The average molecular weight is 396 g/mol. The maximum Gasteiger partial charge on any atom is 0.191 e. The summed E-state index contributed by atoms with van der Waals surface area (Å²) >= 11 is 0. The number of aromatic nitrogens is 1. The fraction of sp³-hybridized carbons (Fsp3) is 0.250. The Bertz CT molecular complexity index is 610. The van der Waals surface area contributed by atoms with Crippen LogP contribution < -0.4 is 10.6 Å². The molecule has 21 heavy (non-hydrogen) atoms. The lowest BCUT2D eigenvalue weighted by atomic mass is 10.2. The van der Waals surface area contributed by atoms with Gasteiger partial charge in [-0.05, 0) is 12.1 Å². The minimum absolute atomic E-state index is 0. The maximum absolute atomic E-state index is 4.64. The van der Waals surface area contributed by atoms with Crippen molar-refractivity contribution in [1.29, 1.82) is 0 Å². The van der Waals surface area contributed by atoms with Gasteiger partial charge in [0, 0.05) is 37.6 Å². The van der Waals surface area contributed by atoms with Crippen LogP contribution in [0, 0.1) is 0 Å². The molecule has 1 aromatic carbocycles. The van der Waals surface area contributed by atoms with Gasteiger partial charge in [-0.1, -0.05) is 30.3 Å². The molecule has 2 aromatic rings. The van der Waals surface area contributed by atoms with Gasteiger partial charge in [0.25, 0.3) is 0 Å². The van der Waals surface area contributed by atoms with E-state index in [-0.39, 0.29) is 24.0 Å². The van der Waals surface area contributed by atoms with Gasteiger partial charge in [-0.2, -0.15) is 0 Å². The van der Waals surface area contributed by atoms with E-state index < -0.39 is 0 Å². The van der Waals surface area contributed by atoms with Crippen LogP contribution in [-0.2, 0) is 6.42 Å². The second-order valence-corrected chi connectivity index (χ2v) is 4.41. The van der Waals surface area contributed by atoms with Crippen LogP contribution in [0.1, 0.15) is 5.69 Å². The van der Waals surface area contributed by atoms with E-state index in [1.807, 2.05) is 18.2 Å². The van der Waals surface area contributed by atoms with Crippen molar-refractivity contribution in [3.05, 3.63) is 54.7 Å². The zero-order chi connectivity index (χ0) is 14.2. The first-order valence-corrected chi connectivity index (χ1v) is 6.73. The molecule has 1 aromatic heterocycles. The molecule has 1 heterocycles. The van der Waals surface area contributed by atoms with Crippen LogP contribution in [0.25, 0.3) is 10.9 Å². The molecule has 0 radical (unpaired) electrons. The summed E-state index contributed by atoms with van der Waals surface area (Å²) in [7, 11) is 1.76. The Morgan fingerprint density at radius 2 is 2.05 bits per heavy atom. The highest BCUT2D eigenvalue weighted by molar-refractivity contribution is 14.0. The molecule has 112 valence electrons. The lowest BCUT2D eigenvalue weighted by Crippen LogP contribution is -2.38. The number of rotatable bonds is 5. The standard InChI is InChI=1S/C16H20N4.HI/c1-3-11-18-16(17-2)19-12-10-14-9-8-13-6-4-5-7-15(13)20-14;/h3-9H,1,10-12H2,2H3,(H2,17,18,19);1H. The van der Waals surface area contributed by atoms with Crippen LogP contribution in [0.2, 0.25) is 0 Å². The molecule has 0 atom stereocenters. The first-order chi connectivity index (χ1) is 9.83. The Balaban J connectivity index is 0.00000220. The lowest BCUT2D eigenvalue weighted by molar-refractivity contribution is 0.809. The summed E-state index contributed by atoms with van der Waals surface area (Å²) in [4.78, 5) is 8.78. The van der Waals surface area contributed by atoms with Crippen LogP contribution in [0.3, 0.4) is 0 Å². The monoisotopic (exact) mass is 396 g/mol. The molecule has 0 aliphatic heterocycles. The predicted octanol–water partition coefficient (Wildman–Crippen LogP) is 2.75. The zero-order valence-corrected chi connectivity index (χ0v) is 14.5. The Hall–Kier alpha value is -1.63. The molecule has 2 N–H and O–H groups in total. The number of benzene rings is 1. The van der Waals surface area contributed by atoms with Gasteiger partial charge in [0.05, 0.1) is 5.52 Å². The Labute approximate surface area is 142 Å². The van der Waals surface area contributed by atoms with Crippen molar-refractivity contribution in [2.75, 3.05) is 20.1 Å². The number of aliphatic imine (C=N–C) groups is 1. The van der Waals surface area contributed by atoms with E-state index in [0.29, 0.717) is 6.54 Å². The topological polar surface area (TPSA) is 49.3 Å². The number of para-hydroxylation sites is 1. The van der Waals surface area contributed by atoms with Crippen LogP contribution in [-0.4, -0.2) is 31.1 Å². The van der Waals surface area contributed by atoms with E-state index in [9.17, 15) is 0 Å². The molecule has 4 nitrogen and oxygen atoms in total. The number of fused-ring (bicyclic) bond motifs is 1. The van der Waals surface area contributed by atoms with Gasteiger partial charge in [-0.3, -0.25) is 9.98 Å². The Morgan fingerprint density at radius 3 is 2.81 bits per heavy atom. The highest BCUT2D eigenvalue weighted by atomic mass is 127. The van der Waals surface area contributed by atoms with Gasteiger partial charge >= 0.3 is 0 Å². The molecule has 0 amide bonds. The average Bonchev–Trinajstić information content (AvgIpc) is 2.50. The third-order valence-electron chi connectivity index (χ3n) is 2.97. The minimum atomic E-state index is 0. The summed E-state index contributed by atoms with van der Waals surface area (Å²) in [6, 6.07) is 12.3. The van der Waals surface area contributed by atoms with Crippen molar-refractivity contribution >= 4 is 40.8 Å². The lowest BCUT2D eigenvalue weighted by Gasteiger charge is -2.10. The van der Waals surface area contributed by atoms with Gasteiger partial charge in [-0.15, -0.1) is 30.6 Å². The van der Waals surface area contributed by atoms with Gasteiger partial charge in [-0.25, -0.2) is 0 Å². The smallest absolute Gasteiger partial charge is 0.191 e. The van der Waals surface area contributed by atoms with Crippen molar-refractivity contribution in [3.8, 4) is 0 Å². The molecule has 0 fully saturated rings. The SMILES string of the molecule is C=CCNC(=NC)NCCc1ccc2ccccc2n1.I. The van der Waals surface area contributed by atoms with Crippen molar-refractivity contribution < 1.29 is 0 Å². The van der Waals surface area contributed by atoms with Crippen molar-refractivity contribution in [3.63, 3.8) is 0 Å². The number of halogens is 1. The van der Waals surface area contributed by atoms with Crippen LogP contribution in [0.4, 0.5) is 0 Å². The first-order valence-electron chi connectivity index (χ1n) is 6.73. The maximum atomic E-state index is 4.64. The minimum Gasteiger partial charge on any atom is -0.356 e. The number of hydrogen-bond acceptors (Lipinski definition) is 2. The van der Waals surface area contributed by atoms with Crippen LogP contribution in [0.5, 0.6) is 0 Å². The van der Waals surface area contributed by atoms with Gasteiger partial charge in [0.2, 0.25) is 0 Å². The molecule has 0 aliphatic carbocycles. The number of guanidine groups is 1. The summed E-state index contributed by atoms with van der Waals surface area (Å²) in [5.74, 6) is 0.783. The third-order valence-corrected chi connectivity index (χ3v) is 2.97. The van der Waals surface area contributed by atoms with Gasteiger partial charge < -0.3 is 10.6 Å². The van der Waals surface area contributed by atoms with E-state index in [1.165, 1.54) is 5.39 Å². The van der Waals surface area contributed by atoms with Crippen molar-refractivity contribution in [1.82, 2.24) is 15.6 Å². The second-order valence-electron chi connectivity index (χ2n) is 4.41. The highest BCUT2D eigenvalue weighted by Gasteiger charge is 1.99. The summed E-state index contributed by atoms with van der Waals surface area (Å²) in [6.07, 6.45) is 2.66. The Morgan fingerprint density at radius 1 is 1.24 bits per heavy atom. The fourth-order valence-electron chi connectivity index (χ4n) is 1.95. The molecule has 0 unspecified atom stereocenters. The zero-order valence-electron chi connectivity index (χ0n) is 12.2. The molecule has 5 heteroatoms. The second kappa shape index (κ2) is 9.33. The summed E-state index contributed by atoms with van der Waals surface area (Å²) in [6.45, 7) is 5.16. The number of hydrogen-bond donors (Lipinski definition) is 2. The number of nitrogens with zero attached hydrogens (tertiary/aromatic N) is 2. The summed E-state index contributed by atoms with van der Waals surface area (Å²) < 4.78 is 0. The quantitative estimate of drug-likeness (QED) is 0.354. The van der Waals surface area contributed by atoms with Gasteiger partial charge in [0.1, 0.15) is 0 Å². The number of pyridine rings is 1. The van der Waals surface area contributed by atoms with E-state index in [1.54, 1.807) is 13.1 Å². The van der Waals surface area contributed by atoms with Crippen molar-refractivity contribution in [2.24, 2.45) is 4.99 Å². The molecule has 0 bridgehead atoms. The molecule has 0 aliphatic rings. The predicted molar refractivity (Wildman–Crippen MR) is 100 cm³/mol. The first kappa shape index (κ1) is 17.4. The number of nitrogens with one attached hydrogen (secondary N) is 2. The Kier molecular flexibility index (Phi) is 7.74. The summed E-state index contributed by atoms with van der Waals surface area (Å²) in [5.41, 5.74) is 2.12. The van der Waals surface area contributed by atoms with E-state index in [0.717, 1.165) is 30.1 Å². The molecule has 0 saturated heterocycles. The highest BCUT2D eigenvalue weighted by Crippen LogP contribution is 2.11. The van der Waals surface area contributed by atoms with E-state index in [2.05, 4.69) is 45.4 Å². The summed E-state index contributed by atoms with van der Waals surface area (Å²) in [5, 5.41) is 7.56. The fourth-order valence-corrected chi connectivity index (χ4v) is 1.95. The molecular weight excluding hydrogens is 375 g/mol. The molecule has 2 rings (SSSR count). The van der Waals surface area contributed by atoms with E-state index >= 15 is 0 Å². The molecule has 0 saturated carbocycles. The van der Waals surface area contributed by atoms with Crippen molar-refractivity contribution in [2.45, 2.75) is 6.42 Å². The van der Waals surface area contributed by atoms with Crippen LogP contribution >= 0.6 is 24.0 Å². The third kappa shape index (κ3) is 5.34. The van der Waals surface area contributed by atoms with Crippen LogP contribution in [0.15, 0.2) is 54.0 Å². The normalized spacial score (nSPS) is 10.8. The van der Waals surface area contributed by atoms with E-state index in [4.69, 9.17) is 0 Å². The molecule has 0 spiro atoms. The largest absolute Gasteiger partial charge is 0.356 e.